The molecule has 0 aliphatic carbocycles. The van der Waals surface area contributed by atoms with Gasteiger partial charge in [0.05, 0.1) is 0 Å². The first kappa shape index (κ1) is 37.4. The third-order valence-electron chi connectivity index (χ3n) is 3.82. The van der Waals surface area contributed by atoms with Crippen LogP contribution in [0.5, 0.6) is 0 Å². The van der Waals surface area contributed by atoms with Gasteiger partial charge < -0.3 is 4.55 Å². The van der Waals surface area contributed by atoms with Gasteiger partial charge in [0.15, 0.2) is 6.17 Å². The van der Waals surface area contributed by atoms with Crippen LogP contribution in [-0.2, 0) is 10.1 Å². The second-order valence-corrected chi connectivity index (χ2v) is 7.51. The molecule has 0 aromatic rings. The van der Waals surface area contributed by atoms with E-state index in [1.54, 1.807) is 0 Å². The molecule has 0 saturated heterocycles. The molecule has 35 heavy (non-hydrogen) atoms. The normalized spacial score (nSPS) is 18.2. The fourth-order valence-electron chi connectivity index (χ4n) is 1.83. The molecule has 0 bridgehead atoms. The molecule has 0 saturated carbocycles. The van der Waals surface area contributed by atoms with Crippen molar-refractivity contribution < 1.29 is 148 Å². The molecule has 206 valence electrons. The Morgan fingerprint density at radius 3 is 1.03 bits per heavy atom. The van der Waals surface area contributed by atoms with Gasteiger partial charge in [-0.25, -0.2) is 30.4 Å². The van der Waals surface area contributed by atoms with E-state index in [0.29, 0.717) is 0 Å². The second kappa shape index (κ2) is 10.4. The Bertz CT molecular complexity index is 843. The summed E-state index contributed by atoms with van der Waals surface area (Å²) in [6.45, 7) is 0. The summed E-state index contributed by atoms with van der Waals surface area (Å²) >= 11 is 0. The molecule has 0 aromatic heterocycles. The van der Waals surface area contributed by atoms with Crippen molar-refractivity contribution in [1.29, 1.82) is 0 Å². The second-order valence-electron chi connectivity index (χ2n) is 6.11. The third-order valence-corrected chi connectivity index (χ3v) is 4.62. The molecule has 0 aliphatic heterocycles. The Kier molecular flexibility index (Phi) is 11.1. The van der Waals surface area contributed by atoms with E-state index in [9.17, 15) is 96.4 Å². The van der Waals surface area contributed by atoms with E-state index < -0.39 is 75.8 Å². The average Bonchev–Trinajstić information content (AvgIpc) is 2.63. The number of rotatable bonds is 11. The van der Waals surface area contributed by atoms with E-state index in [-0.39, 0.29) is 51.4 Å². The van der Waals surface area contributed by atoms with E-state index in [4.69, 9.17) is 0 Å². The number of alkyl halides is 19. The Morgan fingerprint density at radius 2 is 0.771 bits per heavy atom. The first-order chi connectivity index (χ1) is 14.4. The monoisotopic (exact) mass is 616 g/mol. The zero-order valence-corrected chi connectivity index (χ0v) is 19.6. The predicted molar refractivity (Wildman–Crippen MR) is 65.0 cm³/mol. The molecular weight excluding hydrogens is 612 g/mol. The maximum atomic E-state index is 13.4. The topological polar surface area (TPSA) is 57.2 Å². The summed E-state index contributed by atoms with van der Waals surface area (Å²) in [5.74, 6) is -59.7. The van der Waals surface area contributed by atoms with Gasteiger partial charge in [0.1, 0.15) is 10.1 Å². The molecule has 0 amide bonds. The fraction of sp³-hybridized carbons (Fsp3) is 1.00. The first-order valence-corrected chi connectivity index (χ1v) is 8.69. The Morgan fingerprint density at radius 1 is 0.514 bits per heavy atom. The molecule has 0 aliphatic rings. The van der Waals surface area contributed by atoms with E-state index in [2.05, 4.69) is 0 Å². The number of hydrogen-bond acceptors (Lipinski definition) is 3. The molecule has 3 atom stereocenters. The van der Waals surface area contributed by atoms with Gasteiger partial charge in [0, 0.05) is 0 Å². The van der Waals surface area contributed by atoms with Gasteiger partial charge in [-0.15, -0.1) is 0 Å². The minimum Gasteiger partial charge on any atom is -0.746 e. The zero-order valence-electron chi connectivity index (χ0n) is 15.6. The predicted octanol–water partition coefficient (Wildman–Crippen LogP) is 2.22. The van der Waals surface area contributed by atoms with Gasteiger partial charge in [-0.3, -0.25) is 0 Å². The minimum absolute atomic E-state index is 0. The summed E-state index contributed by atoms with van der Waals surface area (Å²) in [6.07, 6.45) is -16.2. The summed E-state index contributed by atoms with van der Waals surface area (Å²) in [7, 11) is -7.51. The van der Waals surface area contributed by atoms with E-state index in [1.165, 1.54) is 0 Å². The molecule has 0 aromatic carbocycles. The molecule has 0 radical (unpaired) electrons. The summed E-state index contributed by atoms with van der Waals surface area (Å²) < 4.78 is 278. The SMILES string of the molecule is O=S(=O)([O-])C(F)C(F)(F)C(F)(F)C(F)(F)C(F)(F)C(F)(F)C(F)(F)C(F)(F)C(F)C(F)C(F)F.[K+]. The van der Waals surface area contributed by atoms with Gasteiger partial charge in [0.2, 0.25) is 6.17 Å². The smallest absolute Gasteiger partial charge is 0.746 e. The Hall–Kier alpha value is 0.216. The van der Waals surface area contributed by atoms with Crippen LogP contribution >= 0.6 is 0 Å². The molecule has 0 heterocycles. The third kappa shape index (κ3) is 5.52. The summed E-state index contributed by atoms with van der Waals surface area (Å²) in [4.78, 5) is 0. The maximum absolute atomic E-state index is 13.4. The summed E-state index contributed by atoms with van der Waals surface area (Å²) in [5.41, 5.74) is -6.15. The van der Waals surface area contributed by atoms with Crippen LogP contribution in [0.25, 0.3) is 0 Å². The van der Waals surface area contributed by atoms with E-state index >= 15 is 0 Å². The maximum Gasteiger partial charge on any atom is 1.00 e. The Balaban J connectivity index is 0. The van der Waals surface area contributed by atoms with Crippen molar-refractivity contribution in [1.82, 2.24) is 0 Å². The largest absolute Gasteiger partial charge is 1.00 e. The zero-order chi connectivity index (χ0) is 28.3. The van der Waals surface area contributed by atoms with Gasteiger partial charge in [-0.2, -0.15) is 61.5 Å². The molecule has 3 unspecified atom stereocenters. The van der Waals surface area contributed by atoms with Crippen LogP contribution in [-0.4, -0.2) is 78.7 Å². The van der Waals surface area contributed by atoms with Gasteiger partial charge in [-0.1, -0.05) is 0 Å². The van der Waals surface area contributed by atoms with Crippen LogP contribution in [0.15, 0.2) is 0 Å². The molecule has 3 nitrogen and oxygen atoms in total. The number of halogens is 19. The molecule has 0 rings (SSSR count). The molecule has 24 heteroatoms. The molecule has 0 N–H and O–H groups in total. The van der Waals surface area contributed by atoms with Crippen LogP contribution in [0.2, 0.25) is 0 Å². The summed E-state index contributed by atoms with van der Waals surface area (Å²) in [6, 6.07) is 0. The van der Waals surface area contributed by atoms with Crippen LogP contribution in [0.3, 0.4) is 0 Å². The van der Waals surface area contributed by atoms with Crippen LogP contribution in [0.4, 0.5) is 83.4 Å². The van der Waals surface area contributed by atoms with Crippen LogP contribution in [0, 0.1) is 0 Å². The van der Waals surface area contributed by atoms with Crippen molar-refractivity contribution in [2.75, 3.05) is 0 Å². The molecule has 0 fully saturated rings. The quantitative estimate of drug-likeness (QED) is 0.204. The van der Waals surface area contributed by atoms with E-state index in [0.717, 1.165) is 0 Å². The van der Waals surface area contributed by atoms with Gasteiger partial charge in [0.25, 0.3) is 11.9 Å². The first-order valence-electron chi connectivity index (χ1n) is 7.22. The summed E-state index contributed by atoms with van der Waals surface area (Å²) in [5, 5.41) is 0. The standard InChI is InChI=1S/C11H5F19O3S.K/c12-1(3(14)15)2(13)5(17,18)7(21,22)9(25,26)11(29,30)10(27,28)8(23,24)6(19,20)4(16)34(31,32)33;/h1-4H,(H,31,32,33);/q;+1/p-1. The van der Waals surface area contributed by atoms with Crippen molar-refractivity contribution in [3.63, 3.8) is 0 Å². The number of hydrogen-bond donors (Lipinski definition) is 0. The van der Waals surface area contributed by atoms with Crippen molar-refractivity contribution >= 4 is 10.1 Å². The van der Waals surface area contributed by atoms with Crippen LogP contribution in [0.1, 0.15) is 0 Å². The fourth-order valence-corrected chi connectivity index (χ4v) is 2.35. The Labute approximate surface area is 222 Å². The van der Waals surface area contributed by atoms with Gasteiger partial charge in [-0.05, 0) is 0 Å². The van der Waals surface area contributed by atoms with E-state index in [1.807, 2.05) is 0 Å². The van der Waals surface area contributed by atoms with Crippen molar-refractivity contribution in [2.24, 2.45) is 0 Å². The van der Waals surface area contributed by atoms with Crippen molar-refractivity contribution in [3.8, 4) is 0 Å². The molecule has 0 spiro atoms. The van der Waals surface area contributed by atoms with Gasteiger partial charge >= 0.3 is 92.8 Å². The average molecular weight is 616 g/mol. The van der Waals surface area contributed by atoms with Crippen molar-refractivity contribution in [2.45, 2.75) is 65.7 Å². The van der Waals surface area contributed by atoms with Crippen LogP contribution < -0.4 is 51.4 Å². The van der Waals surface area contributed by atoms with Crippen molar-refractivity contribution in [3.05, 3.63) is 0 Å². The minimum atomic E-state index is -8.97. The molecular formula is C11H4F19KO3S.